The molecule has 0 aromatic carbocycles. The molecule has 2 aliphatic carbocycles. The molecule has 2 nitrogen and oxygen atoms in total. The molecular formula is C19H36O2Si. The van der Waals surface area contributed by atoms with E-state index in [1.165, 1.54) is 44.9 Å². The summed E-state index contributed by atoms with van der Waals surface area (Å²) in [6.07, 6.45) is 9.52. The molecule has 1 heterocycles. The predicted octanol–water partition coefficient (Wildman–Crippen LogP) is 5.81. The van der Waals surface area contributed by atoms with E-state index in [4.69, 9.17) is 9.16 Å². The Bertz CT molecular complexity index is 392. The van der Waals surface area contributed by atoms with Crippen LogP contribution in [0.4, 0.5) is 0 Å². The van der Waals surface area contributed by atoms with Crippen LogP contribution < -0.4 is 0 Å². The van der Waals surface area contributed by atoms with Gasteiger partial charge in [0.25, 0.3) is 0 Å². The number of hydrogen-bond donors (Lipinski definition) is 0. The van der Waals surface area contributed by atoms with Gasteiger partial charge in [-0.25, -0.2) is 0 Å². The number of hydrogen-bond acceptors (Lipinski definition) is 2. The summed E-state index contributed by atoms with van der Waals surface area (Å²) in [6, 6.07) is 0. The molecule has 0 radical (unpaired) electrons. The fourth-order valence-electron chi connectivity index (χ4n) is 5.88. The van der Waals surface area contributed by atoms with E-state index in [2.05, 4.69) is 41.5 Å². The minimum Gasteiger partial charge on any atom is -0.407 e. The normalized spacial score (nSPS) is 34.0. The maximum absolute atomic E-state index is 7.34. The van der Waals surface area contributed by atoms with E-state index in [1.54, 1.807) is 0 Å². The van der Waals surface area contributed by atoms with Crippen molar-refractivity contribution in [3.8, 4) is 0 Å². The third-order valence-electron chi connectivity index (χ3n) is 7.09. The summed E-state index contributed by atoms with van der Waals surface area (Å²) >= 11 is 0. The van der Waals surface area contributed by atoms with Gasteiger partial charge in [0.1, 0.15) is 5.60 Å². The first-order chi connectivity index (χ1) is 10.3. The number of fused-ring (bicyclic) bond motifs is 1. The second kappa shape index (κ2) is 5.60. The van der Waals surface area contributed by atoms with Crippen molar-refractivity contribution in [3.05, 3.63) is 0 Å². The summed E-state index contributed by atoms with van der Waals surface area (Å²) in [7, 11) is -1.82. The Morgan fingerprint density at radius 1 is 0.864 bits per heavy atom. The largest absolute Gasteiger partial charge is 0.407 e. The van der Waals surface area contributed by atoms with E-state index in [0.29, 0.717) is 22.7 Å². The lowest BCUT2D eigenvalue weighted by Crippen LogP contribution is -2.63. The molecular weight excluding hydrogens is 288 g/mol. The van der Waals surface area contributed by atoms with Crippen LogP contribution in [0.1, 0.15) is 86.5 Å². The topological polar surface area (TPSA) is 21.8 Å². The van der Waals surface area contributed by atoms with Gasteiger partial charge in [0, 0.05) is 0 Å². The van der Waals surface area contributed by atoms with E-state index >= 15 is 0 Å². The first kappa shape index (κ1) is 17.0. The first-order valence-corrected chi connectivity index (χ1v) is 11.8. The molecule has 0 amide bonds. The summed E-state index contributed by atoms with van der Waals surface area (Å²) in [5.74, 6) is 0. The van der Waals surface area contributed by atoms with Crippen molar-refractivity contribution < 1.29 is 9.16 Å². The summed E-state index contributed by atoms with van der Waals surface area (Å²) in [5, 5.41) is 0. The van der Waals surface area contributed by atoms with Crippen molar-refractivity contribution in [3.63, 3.8) is 0 Å². The highest BCUT2D eigenvalue weighted by atomic mass is 28.4. The van der Waals surface area contributed by atoms with Gasteiger partial charge in [0.05, 0.1) is 11.7 Å². The van der Waals surface area contributed by atoms with Crippen LogP contribution in [0.25, 0.3) is 0 Å². The SMILES string of the molecule is CC(C)[Si](OC1(C23CCCCC2O3)CCC1)(C(C)C)C(C)C. The van der Waals surface area contributed by atoms with Gasteiger partial charge in [-0.05, 0) is 48.7 Å². The lowest BCUT2D eigenvalue weighted by molar-refractivity contribution is -0.0919. The van der Waals surface area contributed by atoms with E-state index in [1.807, 2.05) is 0 Å². The Balaban J connectivity index is 1.91. The zero-order valence-electron chi connectivity index (χ0n) is 15.6. The van der Waals surface area contributed by atoms with Crippen molar-refractivity contribution in [2.24, 2.45) is 0 Å². The van der Waals surface area contributed by atoms with Gasteiger partial charge >= 0.3 is 0 Å². The molecule has 0 aromatic heterocycles. The highest BCUT2D eigenvalue weighted by Crippen LogP contribution is 2.64. The standard InChI is InChI=1S/C19H36O2Si/c1-14(2)22(15(3)4,16(5)6)21-18(11-9-12-18)19-13-8-7-10-17(19)20-19/h14-17H,7-13H2,1-6H3. The molecule has 3 heteroatoms. The fourth-order valence-corrected chi connectivity index (χ4v) is 11.6. The number of rotatable bonds is 6. The minimum atomic E-state index is -1.82. The van der Waals surface area contributed by atoms with Gasteiger partial charge in [-0.1, -0.05) is 54.4 Å². The molecule has 2 saturated carbocycles. The number of epoxide rings is 1. The van der Waals surface area contributed by atoms with Crippen LogP contribution in [0.5, 0.6) is 0 Å². The molecule has 1 saturated heterocycles. The van der Waals surface area contributed by atoms with Crippen molar-refractivity contribution in [2.45, 2.75) is 120 Å². The highest BCUT2D eigenvalue weighted by molar-refractivity contribution is 6.77. The molecule has 3 rings (SSSR count). The maximum atomic E-state index is 7.34. The lowest BCUT2D eigenvalue weighted by Gasteiger charge is -2.56. The van der Waals surface area contributed by atoms with Crippen LogP contribution in [-0.4, -0.2) is 25.6 Å². The molecule has 2 atom stereocenters. The van der Waals surface area contributed by atoms with E-state index in [9.17, 15) is 0 Å². The minimum absolute atomic E-state index is 0.0725. The van der Waals surface area contributed by atoms with Gasteiger partial charge in [-0.2, -0.15) is 0 Å². The molecule has 3 aliphatic rings. The van der Waals surface area contributed by atoms with Crippen molar-refractivity contribution in [1.82, 2.24) is 0 Å². The van der Waals surface area contributed by atoms with Crippen LogP contribution in [0.2, 0.25) is 16.6 Å². The summed E-state index contributed by atoms with van der Waals surface area (Å²) < 4.78 is 13.7. The van der Waals surface area contributed by atoms with Crippen LogP contribution in [-0.2, 0) is 9.16 Å². The Kier molecular flexibility index (Phi) is 4.32. The van der Waals surface area contributed by atoms with Crippen LogP contribution in [0, 0.1) is 0 Å². The van der Waals surface area contributed by atoms with Crippen LogP contribution in [0.3, 0.4) is 0 Å². The van der Waals surface area contributed by atoms with Gasteiger partial charge in [-0.3, -0.25) is 0 Å². The van der Waals surface area contributed by atoms with Gasteiger partial charge in [0.15, 0.2) is 0 Å². The van der Waals surface area contributed by atoms with E-state index in [-0.39, 0.29) is 11.2 Å². The van der Waals surface area contributed by atoms with Gasteiger partial charge < -0.3 is 9.16 Å². The second-order valence-corrected chi connectivity index (χ2v) is 14.4. The quantitative estimate of drug-likeness (QED) is 0.454. The average molecular weight is 325 g/mol. The predicted molar refractivity (Wildman–Crippen MR) is 94.8 cm³/mol. The molecule has 0 aromatic rings. The third-order valence-corrected chi connectivity index (χ3v) is 13.3. The Morgan fingerprint density at radius 3 is 1.86 bits per heavy atom. The molecule has 3 fully saturated rings. The van der Waals surface area contributed by atoms with E-state index in [0.717, 1.165) is 0 Å². The molecule has 128 valence electrons. The highest BCUT2D eigenvalue weighted by Gasteiger charge is 2.73. The molecule has 22 heavy (non-hydrogen) atoms. The number of ether oxygens (including phenoxy) is 1. The second-order valence-electron chi connectivity index (χ2n) is 9.01. The first-order valence-electron chi connectivity index (χ1n) is 9.69. The van der Waals surface area contributed by atoms with Gasteiger partial charge in [0.2, 0.25) is 8.32 Å². The van der Waals surface area contributed by atoms with Crippen molar-refractivity contribution in [2.75, 3.05) is 0 Å². The average Bonchev–Trinajstić information content (AvgIpc) is 3.12. The van der Waals surface area contributed by atoms with Crippen LogP contribution >= 0.6 is 0 Å². The lowest BCUT2D eigenvalue weighted by atomic mass is 9.66. The van der Waals surface area contributed by atoms with Crippen molar-refractivity contribution >= 4 is 8.32 Å². The molecule has 2 unspecified atom stereocenters. The zero-order chi connectivity index (χ0) is 16.2. The summed E-state index contributed by atoms with van der Waals surface area (Å²) in [6.45, 7) is 14.4. The Morgan fingerprint density at radius 2 is 1.45 bits per heavy atom. The Labute approximate surface area is 138 Å². The monoisotopic (exact) mass is 324 g/mol. The fraction of sp³-hybridized carbons (Fsp3) is 1.00. The van der Waals surface area contributed by atoms with E-state index < -0.39 is 8.32 Å². The van der Waals surface area contributed by atoms with Crippen molar-refractivity contribution in [1.29, 1.82) is 0 Å². The molecule has 0 N–H and O–H groups in total. The third kappa shape index (κ3) is 2.18. The smallest absolute Gasteiger partial charge is 0.201 e. The summed E-state index contributed by atoms with van der Waals surface area (Å²) in [5.41, 5.74) is 2.19. The summed E-state index contributed by atoms with van der Waals surface area (Å²) in [4.78, 5) is 0. The van der Waals surface area contributed by atoms with Gasteiger partial charge in [-0.15, -0.1) is 0 Å². The molecule has 0 spiro atoms. The molecule has 0 bridgehead atoms. The zero-order valence-corrected chi connectivity index (χ0v) is 16.6. The Hall–Kier alpha value is 0.137. The van der Waals surface area contributed by atoms with Crippen LogP contribution in [0.15, 0.2) is 0 Å². The molecule has 1 aliphatic heterocycles. The maximum Gasteiger partial charge on any atom is 0.201 e.